The Morgan fingerprint density at radius 2 is 2.12 bits per heavy atom. The highest BCUT2D eigenvalue weighted by atomic mass is 32.2. The lowest BCUT2D eigenvalue weighted by molar-refractivity contribution is 0.598. The van der Waals surface area contributed by atoms with Crippen molar-refractivity contribution in [3.63, 3.8) is 0 Å². The van der Waals surface area contributed by atoms with Crippen LogP contribution in [0.3, 0.4) is 0 Å². The van der Waals surface area contributed by atoms with E-state index in [2.05, 4.69) is 23.1 Å². The van der Waals surface area contributed by atoms with Gasteiger partial charge < -0.3 is 5.32 Å². The first-order chi connectivity index (χ1) is 8.38. The summed E-state index contributed by atoms with van der Waals surface area (Å²) < 4.78 is 0. The topological polar surface area (TPSA) is 35.8 Å². The van der Waals surface area contributed by atoms with Crippen molar-refractivity contribution >= 4 is 11.8 Å². The lowest BCUT2D eigenvalue weighted by atomic mass is 10.1. The summed E-state index contributed by atoms with van der Waals surface area (Å²) >= 11 is 2.10. The summed E-state index contributed by atoms with van der Waals surface area (Å²) in [6, 6.07) is 9.96. The molecule has 17 heavy (non-hydrogen) atoms. The third-order valence-electron chi connectivity index (χ3n) is 3.06. The van der Waals surface area contributed by atoms with Crippen LogP contribution in [0.2, 0.25) is 0 Å². The third-order valence-corrected chi connectivity index (χ3v) is 4.46. The largest absolute Gasteiger partial charge is 0.312 e. The van der Waals surface area contributed by atoms with Crippen LogP contribution in [-0.2, 0) is 6.54 Å². The van der Waals surface area contributed by atoms with E-state index in [9.17, 15) is 0 Å². The van der Waals surface area contributed by atoms with E-state index in [0.29, 0.717) is 0 Å². The van der Waals surface area contributed by atoms with Crippen molar-refractivity contribution in [1.82, 2.24) is 5.32 Å². The van der Waals surface area contributed by atoms with Gasteiger partial charge in [0.1, 0.15) is 0 Å². The summed E-state index contributed by atoms with van der Waals surface area (Å²) in [7, 11) is 0. The van der Waals surface area contributed by atoms with Crippen LogP contribution < -0.4 is 5.32 Å². The summed E-state index contributed by atoms with van der Waals surface area (Å²) in [6.45, 7) is 2.01. The average molecular weight is 246 g/mol. The first kappa shape index (κ1) is 12.5. The number of thioether (sulfide) groups is 1. The molecule has 1 aliphatic heterocycles. The second kappa shape index (κ2) is 6.68. The molecule has 1 saturated heterocycles. The Morgan fingerprint density at radius 3 is 2.76 bits per heavy atom. The van der Waals surface area contributed by atoms with Crippen LogP contribution >= 0.6 is 11.8 Å². The Balaban J connectivity index is 1.72. The van der Waals surface area contributed by atoms with Crippen LogP contribution in [0.15, 0.2) is 24.3 Å². The minimum absolute atomic E-state index is 0.733. The molecular formula is C14H18N2S. The van der Waals surface area contributed by atoms with Gasteiger partial charge in [-0.3, -0.25) is 0 Å². The van der Waals surface area contributed by atoms with Gasteiger partial charge in [-0.15, -0.1) is 0 Å². The number of nitrogens with one attached hydrogen (secondary N) is 1. The standard InChI is InChI=1S/C14H18N2S/c15-9-12-4-6-13(7-5-12)10-16-11-14-3-1-2-8-17-14/h4-7,14,16H,1-3,8,10-11H2. The number of nitriles is 1. The monoisotopic (exact) mass is 246 g/mol. The third kappa shape index (κ3) is 4.07. The Hall–Kier alpha value is -0.980. The van der Waals surface area contributed by atoms with E-state index in [1.54, 1.807) is 0 Å². The van der Waals surface area contributed by atoms with Gasteiger partial charge in [0.25, 0.3) is 0 Å². The van der Waals surface area contributed by atoms with Gasteiger partial charge in [-0.25, -0.2) is 0 Å². The van der Waals surface area contributed by atoms with Gasteiger partial charge in [-0.2, -0.15) is 17.0 Å². The van der Waals surface area contributed by atoms with E-state index in [1.807, 2.05) is 24.3 Å². The van der Waals surface area contributed by atoms with Crippen LogP contribution in [0.1, 0.15) is 30.4 Å². The molecule has 2 nitrogen and oxygen atoms in total. The summed E-state index contributed by atoms with van der Waals surface area (Å²) in [6.07, 6.45) is 4.12. The van der Waals surface area contributed by atoms with Crippen LogP contribution in [0.5, 0.6) is 0 Å². The van der Waals surface area contributed by atoms with E-state index in [0.717, 1.165) is 23.9 Å². The molecule has 0 amide bonds. The number of rotatable bonds is 4. The molecule has 1 N–H and O–H groups in total. The van der Waals surface area contributed by atoms with Crippen LogP contribution in [0.4, 0.5) is 0 Å². The Morgan fingerprint density at radius 1 is 1.29 bits per heavy atom. The second-order valence-electron chi connectivity index (χ2n) is 4.43. The van der Waals surface area contributed by atoms with Crippen molar-refractivity contribution in [2.24, 2.45) is 0 Å². The average Bonchev–Trinajstić information content (AvgIpc) is 2.41. The quantitative estimate of drug-likeness (QED) is 0.887. The van der Waals surface area contributed by atoms with E-state index >= 15 is 0 Å². The molecule has 1 heterocycles. The zero-order chi connectivity index (χ0) is 11.9. The molecule has 0 aliphatic carbocycles. The normalized spacial score (nSPS) is 19.8. The van der Waals surface area contributed by atoms with Crippen molar-refractivity contribution in [1.29, 1.82) is 5.26 Å². The smallest absolute Gasteiger partial charge is 0.0991 e. The zero-order valence-corrected chi connectivity index (χ0v) is 10.8. The second-order valence-corrected chi connectivity index (χ2v) is 5.84. The highest BCUT2D eigenvalue weighted by molar-refractivity contribution is 7.99. The molecule has 0 saturated carbocycles. The maximum atomic E-state index is 8.71. The van der Waals surface area contributed by atoms with Crippen LogP contribution in [0.25, 0.3) is 0 Å². The van der Waals surface area contributed by atoms with E-state index in [4.69, 9.17) is 5.26 Å². The zero-order valence-electron chi connectivity index (χ0n) is 9.98. The van der Waals surface area contributed by atoms with Gasteiger partial charge in [0.15, 0.2) is 0 Å². The van der Waals surface area contributed by atoms with Crippen molar-refractivity contribution in [2.75, 3.05) is 12.3 Å². The summed E-state index contributed by atoms with van der Waals surface area (Å²) in [4.78, 5) is 0. The predicted octanol–water partition coefficient (Wildman–Crippen LogP) is 2.93. The van der Waals surface area contributed by atoms with Gasteiger partial charge in [0.2, 0.25) is 0 Å². The fraction of sp³-hybridized carbons (Fsp3) is 0.500. The maximum absolute atomic E-state index is 8.71. The molecule has 1 atom stereocenters. The Bertz CT molecular complexity index is 374. The van der Waals surface area contributed by atoms with E-state index < -0.39 is 0 Å². The fourth-order valence-corrected chi connectivity index (χ4v) is 3.32. The molecule has 1 aromatic carbocycles. The molecular weight excluding hydrogens is 228 g/mol. The molecule has 1 fully saturated rings. The summed E-state index contributed by atoms with van der Waals surface area (Å²) in [5.41, 5.74) is 1.99. The molecule has 0 spiro atoms. The molecule has 90 valence electrons. The molecule has 1 aliphatic rings. The van der Waals surface area contributed by atoms with Crippen molar-refractivity contribution in [2.45, 2.75) is 31.1 Å². The first-order valence-electron chi connectivity index (χ1n) is 6.20. The fourth-order valence-electron chi connectivity index (χ4n) is 2.04. The predicted molar refractivity (Wildman–Crippen MR) is 73.0 cm³/mol. The highest BCUT2D eigenvalue weighted by Crippen LogP contribution is 2.24. The van der Waals surface area contributed by atoms with Crippen LogP contribution in [0, 0.1) is 11.3 Å². The summed E-state index contributed by atoms with van der Waals surface area (Å²) in [5.74, 6) is 1.32. The van der Waals surface area contributed by atoms with Crippen molar-refractivity contribution < 1.29 is 0 Å². The molecule has 1 unspecified atom stereocenters. The van der Waals surface area contributed by atoms with Gasteiger partial charge >= 0.3 is 0 Å². The van der Waals surface area contributed by atoms with E-state index in [-0.39, 0.29) is 0 Å². The maximum Gasteiger partial charge on any atom is 0.0991 e. The number of hydrogen-bond acceptors (Lipinski definition) is 3. The summed E-state index contributed by atoms with van der Waals surface area (Å²) in [5, 5.41) is 13.0. The van der Waals surface area contributed by atoms with Gasteiger partial charge in [0, 0.05) is 18.3 Å². The van der Waals surface area contributed by atoms with Gasteiger partial charge in [-0.1, -0.05) is 18.6 Å². The Labute approximate surface area is 107 Å². The lowest BCUT2D eigenvalue weighted by Gasteiger charge is -2.21. The number of benzene rings is 1. The van der Waals surface area contributed by atoms with Crippen molar-refractivity contribution in [3.8, 4) is 6.07 Å². The number of nitrogens with zero attached hydrogens (tertiary/aromatic N) is 1. The van der Waals surface area contributed by atoms with Crippen LogP contribution in [-0.4, -0.2) is 17.5 Å². The van der Waals surface area contributed by atoms with Gasteiger partial charge in [-0.05, 0) is 36.3 Å². The highest BCUT2D eigenvalue weighted by Gasteiger charge is 2.12. The molecule has 2 rings (SSSR count). The van der Waals surface area contributed by atoms with Crippen molar-refractivity contribution in [3.05, 3.63) is 35.4 Å². The van der Waals surface area contributed by atoms with Gasteiger partial charge in [0.05, 0.1) is 11.6 Å². The minimum Gasteiger partial charge on any atom is -0.312 e. The Kier molecular flexibility index (Phi) is 4.90. The number of hydrogen-bond donors (Lipinski definition) is 1. The molecule has 0 bridgehead atoms. The minimum atomic E-state index is 0.733. The van der Waals surface area contributed by atoms with E-state index in [1.165, 1.54) is 30.6 Å². The molecule has 3 heteroatoms. The molecule has 1 aromatic rings. The molecule has 0 aromatic heterocycles. The lowest BCUT2D eigenvalue weighted by Crippen LogP contribution is -2.26. The first-order valence-corrected chi connectivity index (χ1v) is 7.25. The molecule has 0 radical (unpaired) electrons. The SMILES string of the molecule is N#Cc1ccc(CNCC2CCCCS2)cc1.